The maximum Gasteiger partial charge on any atom is 0.118 e. The summed E-state index contributed by atoms with van der Waals surface area (Å²) >= 11 is 0. The average Bonchev–Trinajstić information content (AvgIpc) is 3.07. The Morgan fingerprint density at radius 2 is 0.905 bits per heavy atom. The van der Waals surface area contributed by atoms with E-state index in [1.807, 2.05) is 24.3 Å². The van der Waals surface area contributed by atoms with Crippen LogP contribution in [-0.2, 0) is 6.61 Å². The lowest BCUT2D eigenvalue weighted by molar-refractivity contribution is 0.282. The first-order valence-corrected chi connectivity index (χ1v) is 14.2. The first kappa shape index (κ1) is 25.8. The number of ether oxygens (including phenoxy) is 1. The number of aliphatic hydroxyl groups is 1. The van der Waals surface area contributed by atoms with Crippen molar-refractivity contribution >= 4 is 21.5 Å². The van der Waals surface area contributed by atoms with E-state index in [1.165, 1.54) is 54.9 Å². The molecule has 1 N–H and O–H groups in total. The minimum Gasteiger partial charge on any atom is -0.497 e. The van der Waals surface area contributed by atoms with Crippen LogP contribution in [0.3, 0.4) is 0 Å². The number of fused-ring (bicyclic) bond motifs is 2. The van der Waals surface area contributed by atoms with E-state index in [9.17, 15) is 5.11 Å². The normalized spacial score (nSPS) is 11.2. The molecule has 0 aliphatic carbocycles. The Balaban J connectivity index is 1.71. The molecule has 0 amide bonds. The molecule has 0 saturated carbocycles. The van der Waals surface area contributed by atoms with Crippen molar-refractivity contribution in [2.45, 2.75) is 6.61 Å². The molecule has 7 aromatic rings. The van der Waals surface area contributed by atoms with E-state index in [2.05, 4.69) is 121 Å². The molecule has 0 fully saturated rings. The molecule has 0 heterocycles. The summed E-state index contributed by atoms with van der Waals surface area (Å²) in [6, 6.07) is 51.3. The molecule has 0 aliphatic heterocycles. The van der Waals surface area contributed by atoms with Gasteiger partial charge in [0.2, 0.25) is 0 Å². The van der Waals surface area contributed by atoms with Crippen LogP contribution in [0.1, 0.15) is 5.56 Å². The zero-order valence-electron chi connectivity index (χ0n) is 23.4. The van der Waals surface area contributed by atoms with Crippen LogP contribution in [-0.4, -0.2) is 12.2 Å². The predicted molar refractivity (Wildman–Crippen MR) is 176 cm³/mol. The van der Waals surface area contributed by atoms with Crippen molar-refractivity contribution in [3.8, 4) is 50.3 Å². The summed E-state index contributed by atoms with van der Waals surface area (Å²) in [6.07, 6.45) is 0. The van der Waals surface area contributed by atoms with E-state index in [0.29, 0.717) is 0 Å². The number of hydrogen-bond donors (Lipinski definition) is 1. The Labute approximate surface area is 246 Å². The summed E-state index contributed by atoms with van der Waals surface area (Å²) in [4.78, 5) is 0. The highest BCUT2D eigenvalue weighted by molar-refractivity contribution is 6.27. The van der Waals surface area contributed by atoms with Gasteiger partial charge in [0.1, 0.15) is 5.75 Å². The molecule has 7 aromatic carbocycles. The monoisotopic (exact) mass is 542 g/mol. The van der Waals surface area contributed by atoms with Gasteiger partial charge < -0.3 is 9.84 Å². The lowest BCUT2D eigenvalue weighted by atomic mass is 9.81. The van der Waals surface area contributed by atoms with Crippen LogP contribution < -0.4 is 4.74 Å². The fourth-order valence-electron chi connectivity index (χ4n) is 6.18. The van der Waals surface area contributed by atoms with Gasteiger partial charge in [-0.1, -0.05) is 133 Å². The molecule has 0 bridgehead atoms. The van der Waals surface area contributed by atoms with E-state index in [4.69, 9.17) is 4.74 Å². The molecule has 202 valence electrons. The maximum atomic E-state index is 9.79. The van der Waals surface area contributed by atoms with Gasteiger partial charge in [-0.25, -0.2) is 0 Å². The zero-order valence-corrected chi connectivity index (χ0v) is 23.4. The standard InChI is InChI=1S/C40H30O2/c1-42-32-24-22-31(23-25-32)38-36-17-9-14-33(28-10-4-2-5-11-28)39(36)37(30-20-18-27(26-41)19-21-30)35-16-8-15-34(40(35)38)29-12-6-3-7-13-29/h2-25,41H,26H2,1H3. The van der Waals surface area contributed by atoms with Gasteiger partial charge in [0.05, 0.1) is 13.7 Å². The van der Waals surface area contributed by atoms with Crippen LogP contribution in [0, 0.1) is 0 Å². The number of aliphatic hydroxyl groups excluding tert-OH is 1. The average molecular weight is 543 g/mol. The van der Waals surface area contributed by atoms with E-state index in [1.54, 1.807) is 7.11 Å². The Morgan fingerprint density at radius 3 is 1.33 bits per heavy atom. The van der Waals surface area contributed by atoms with Gasteiger partial charge in [-0.2, -0.15) is 0 Å². The second kappa shape index (κ2) is 11.0. The number of methoxy groups -OCH3 is 1. The van der Waals surface area contributed by atoms with Crippen molar-refractivity contribution in [1.29, 1.82) is 0 Å². The largest absolute Gasteiger partial charge is 0.497 e. The molecule has 0 aliphatic rings. The van der Waals surface area contributed by atoms with E-state index in [0.717, 1.165) is 22.4 Å². The summed E-state index contributed by atoms with van der Waals surface area (Å²) in [5.41, 5.74) is 10.3. The van der Waals surface area contributed by atoms with Crippen molar-refractivity contribution in [3.63, 3.8) is 0 Å². The molecule has 42 heavy (non-hydrogen) atoms. The molecule has 7 rings (SSSR count). The molecular weight excluding hydrogens is 512 g/mol. The first-order valence-electron chi connectivity index (χ1n) is 14.2. The molecular formula is C40H30O2. The first-order chi connectivity index (χ1) is 20.8. The third-order valence-electron chi connectivity index (χ3n) is 8.14. The number of hydrogen-bond acceptors (Lipinski definition) is 2. The van der Waals surface area contributed by atoms with Crippen molar-refractivity contribution < 1.29 is 9.84 Å². The third kappa shape index (κ3) is 4.43. The van der Waals surface area contributed by atoms with Crippen molar-refractivity contribution in [2.75, 3.05) is 7.11 Å². The smallest absolute Gasteiger partial charge is 0.118 e. The lowest BCUT2D eigenvalue weighted by Gasteiger charge is -2.22. The lowest BCUT2D eigenvalue weighted by Crippen LogP contribution is -1.95. The van der Waals surface area contributed by atoms with Crippen molar-refractivity contribution in [1.82, 2.24) is 0 Å². The van der Waals surface area contributed by atoms with Crippen molar-refractivity contribution in [3.05, 3.63) is 151 Å². The highest BCUT2D eigenvalue weighted by Gasteiger charge is 2.22. The summed E-state index contributed by atoms with van der Waals surface area (Å²) in [7, 11) is 1.70. The second-order valence-corrected chi connectivity index (χ2v) is 10.5. The molecule has 0 spiro atoms. The highest BCUT2D eigenvalue weighted by atomic mass is 16.5. The quantitative estimate of drug-likeness (QED) is 0.212. The Kier molecular flexibility index (Phi) is 6.75. The Morgan fingerprint density at radius 1 is 0.452 bits per heavy atom. The summed E-state index contributed by atoms with van der Waals surface area (Å²) in [5, 5.41) is 14.6. The van der Waals surface area contributed by atoms with Gasteiger partial charge in [0, 0.05) is 0 Å². The molecule has 2 heteroatoms. The van der Waals surface area contributed by atoms with Crippen LogP contribution in [0.15, 0.2) is 146 Å². The van der Waals surface area contributed by atoms with E-state index >= 15 is 0 Å². The zero-order chi connectivity index (χ0) is 28.5. The van der Waals surface area contributed by atoms with Gasteiger partial charge in [0.25, 0.3) is 0 Å². The van der Waals surface area contributed by atoms with Crippen LogP contribution in [0.25, 0.3) is 66.1 Å². The molecule has 0 radical (unpaired) electrons. The van der Waals surface area contributed by atoms with Gasteiger partial charge in [0.15, 0.2) is 0 Å². The van der Waals surface area contributed by atoms with Gasteiger partial charge in [-0.3, -0.25) is 0 Å². The second-order valence-electron chi connectivity index (χ2n) is 10.5. The molecule has 0 aromatic heterocycles. The summed E-state index contributed by atoms with van der Waals surface area (Å²) in [6.45, 7) is 0.0194. The number of rotatable bonds is 6. The van der Waals surface area contributed by atoms with Gasteiger partial charge in [-0.05, 0) is 83.7 Å². The molecule has 2 nitrogen and oxygen atoms in total. The van der Waals surface area contributed by atoms with Crippen molar-refractivity contribution in [2.24, 2.45) is 0 Å². The number of benzene rings is 7. The van der Waals surface area contributed by atoms with Crippen LogP contribution in [0.4, 0.5) is 0 Å². The van der Waals surface area contributed by atoms with Crippen LogP contribution in [0.5, 0.6) is 5.75 Å². The summed E-state index contributed by atoms with van der Waals surface area (Å²) < 4.78 is 5.53. The molecule has 0 saturated heterocycles. The van der Waals surface area contributed by atoms with Crippen LogP contribution >= 0.6 is 0 Å². The minimum absolute atomic E-state index is 0.0194. The fourth-order valence-corrected chi connectivity index (χ4v) is 6.18. The third-order valence-corrected chi connectivity index (χ3v) is 8.14. The van der Waals surface area contributed by atoms with Gasteiger partial charge >= 0.3 is 0 Å². The Hall–Kier alpha value is -5.18. The molecule has 0 atom stereocenters. The van der Waals surface area contributed by atoms with E-state index in [-0.39, 0.29) is 6.61 Å². The predicted octanol–water partition coefficient (Wildman–Crippen LogP) is 10.2. The maximum absolute atomic E-state index is 9.79. The Bertz CT molecular complexity index is 1860. The topological polar surface area (TPSA) is 29.5 Å². The van der Waals surface area contributed by atoms with E-state index < -0.39 is 0 Å². The SMILES string of the molecule is COc1ccc(-c2c3cccc(-c4ccccc4)c3c(-c3ccc(CO)cc3)c3cccc(-c4ccccc4)c23)cc1. The highest BCUT2D eigenvalue weighted by Crippen LogP contribution is 2.49. The minimum atomic E-state index is 0.0194. The van der Waals surface area contributed by atoms with Gasteiger partial charge in [-0.15, -0.1) is 0 Å². The summed E-state index contributed by atoms with van der Waals surface area (Å²) in [5.74, 6) is 0.834. The van der Waals surface area contributed by atoms with Crippen LogP contribution in [0.2, 0.25) is 0 Å². The fraction of sp³-hybridized carbons (Fsp3) is 0.0500. The molecule has 0 unspecified atom stereocenters.